The summed E-state index contributed by atoms with van der Waals surface area (Å²) in [4.78, 5) is 10.7. The fourth-order valence-corrected chi connectivity index (χ4v) is 2.00. The second-order valence-electron chi connectivity index (χ2n) is 4.75. The van der Waals surface area contributed by atoms with Crippen LogP contribution in [0.25, 0.3) is 0 Å². The highest BCUT2D eigenvalue weighted by molar-refractivity contribution is 7.80. The van der Waals surface area contributed by atoms with Crippen molar-refractivity contribution >= 4 is 23.5 Å². The zero-order valence-corrected chi connectivity index (χ0v) is 11.9. The molecule has 1 aromatic rings. The molecule has 1 aliphatic carbocycles. The summed E-state index contributed by atoms with van der Waals surface area (Å²) in [6, 6.07) is 10.1. The van der Waals surface area contributed by atoms with E-state index in [4.69, 9.17) is 27.4 Å². The molecule has 0 bridgehead atoms. The number of nitrogens with two attached hydrogens (primary N) is 1. The number of nitrogens with one attached hydrogen (secondary N) is 1. The van der Waals surface area contributed by atoms with Crippen molar-refractivity contribution in [3.63, 3.8) is 0 Å². The van der Waals surface area contributed by atoms with Crippen LogP contribution >= 0.6 is 12.2 Å². The van der Waals surface area contributed by atoms with E-state index in [2.05, 4.69) is 5.32 Å². The molecule has 108 valence electrons. The molecule has 0 spiro atoms. The van der Waals surface area contributed by atoms with Crippen molar-refractivity contribution in [3.05, 3.63) is 35.9 Å². The third-order valence-corrected chi connectivity index (χ3v) is 3.25. The molecule has 20 heavy (non-hydrogen) atoms. The third kappa shape index (κ3) is 5.05. The maximum atomic E-state index is 10.7. The average Bonchev–Trinajstić information content (AvgIpc) is 3.23. The monoisotopic (exact) mass is 294 g/mol. The molecule has 1 aromatic carbocycles. The van der Waals surface area contributed by atoms with Crippen LogP contribution in [0.4, 0.5) is 4.79 Å². The van der Waals surface area contributed by atoms with Gasteiger partial charge in [0.05, 0.1) is 5.92 Å². The Morgan fingerprint density at radius 1 is 1.30 bits per heavy atom. The van der Waals surface area contributed by atoms with Gasteiger partial charge in [-0.15, -0.1) is 0 Å². The first-order chi connectivity index (χ1) is 9.65. The van der Waals surface area contributed by atoms with Gasteiger partial charge < -0.3 is 20.5 Å². The molecule has 0 aliphatic heterocycles. The lowest BCUT2D eigenvalue weighted by Gasteiger charge is -2.18. The minimum atomic E-state index is -0.787. The lowest BCUT2D eigenvalue weighted by Crippen LogP contribution is -2.29. The van der Waals surface area contributed by atoms with Crippen LogP contribution in [0.3, 0.4) is 0 Å². The summed E-state index contributed by atoms with van der Waals surface area (Å²) in [5.74, 6) is -0.0948. The third-order valence-electron chi connectivity index (χ3n) is 3.01. The number of thiocarbonyl (C=S) groups is 1. The van der Waals surface area contributed by atoms with Crippen LogP contribution in [0, 0.1) is 0 Å². The Kier molecular flexibility index (Phi) is 5.17. The van der Waals surface area contributed by atoms with Crippen molar-refractivity contribution in [1.29, 1.82) is 0 Å². The molecule has 0 radical (unpaired) electrons. The molecule has 6 heteroatoms. The Hall–Kier alpha value is -1.82. The average molecular weight is 294 g/mol. The van der Waals surface area contributed by atoms with E-state index in [1.807, 2.05) is 30.3 Å². The van der Waals surface area contributed by atoms with E-state index in [0.29, 0.717) is 17.8 Å². The lowest BCUT2D eigenvalue weighted by atomic mass is 10.0. The highest BCUT2D eigenvalue weighted by Gasteiger charge is 2.23. The van der Waals surface area contributed by atoms with Crippen LogP contribution < -0.4 is 11.1 Å². The fraction of sp³-hybridized carbons (Fsp3) is 0.429. The highest BCUT2D eigenvalue weighted by Crippen LogP contribution is 2.20. The molecule has 1 atom stereocenters. The molecule has 1 amide bonds. The summed E-state index contributed by atoms with van der Waals surface area (Å²) in [5, 5.41) is 3.50. The number of ether oxygens (including phenoxy) is 2. The molecule has 1 unspecified atom stereocenters. The summed E-state index contributed by atoms with van der Waals surface area (Å²) in [6.45, 7) is 0.515. The van der Waals surface area contributed by atoms with Crippen LogP contribution in [0.1, 0.15) is 24.3 Å². The van der Waals surface area contributed by atoms with E-state index in [9.17, 15) is 4.79 Å². The first-order valence-electron chi connectivity index (χ1n) is 6.55. The van der Waals surface area contributed by atoms with Crippen molar-refractivity contribution in [2.75, 3.05) is 13.2 Å². The van der Waals surface area contributed by atoms with Crippen LogP contribution in [0.5, 0.6) is 0 Å². The molecular formula is C14H18N2O3S. The lowest BCUT2D eigenvalue weighted by molar-refractivity contribution is 0.135. The second kappa shape index (κ2) is 7.09. The van der Waals surface area contributed by atoms with Gasteiger partial charge >= 0.3 is 6.09 Å². The maximum absolute atomic E-state index is 10.7. The van der Waals surface area contributed by atoms with Crippen molar-refractivity contribution in [2.24, 2.45) is 5.73 Å². The van der Waals surface area contributed by atoms with Crippen LogP contribution in [0.15, 0.2) is 30.3 Å². The predicted octanol–water partition coefficient (Wildman–Crippen LogP) is 1.92. The SMILES string of the molecule is NC(=O)OCC(COC(=S)NC1CC1)c1ccccc1. The number of benzene rings is 1. The molecule has 3 N–H and O–H groups in total. The van der Waals surface area contributed by atoms with Crippen LogP contribution in [0.2, 0.25) is 0 Å². The second-order valence-corrected chi connectivity index (χ2v) is 5.13. The smallest absolute Gasteiger partial charge is 0.404 e. The summed E-state index contributed by atoms with van der Waals surface area (Å²) in [5.41, 5.74) is 6.03. The van der Waals surface area contributed by atoms with Gasteiger partial charge in [0.1, 0.15) is 13.2 Å². The van der Waals surface area contributed by atoms with Gasteiger partial charge in [0.25, 0.3) is 5.17 Å². The predicted molar refractivity (Wildman–Crippen MR) is 79.4 cm³/mol. The number of rotatable bonds is 6. The van der Waals surface area contributed by atoms with Crippen LogP contribution in [-0.4, -0.2) is 30.5 Å². The molecule has 0 aromatic heterocycles. The zero-order chi connectivity index (χ0) is 14.4. The topological polar surface area (TPSA) is 73.6 Å². The van der Waals surface area contributed by atoms with E-state index in [0.717, 1.165) is 18.4 Å². The quantitative estimate of drug-likeness (QED) is 0.784. The molecule has 1 saturated carbocycles. The van der Waals surface area contributed by atoms with Gasteiger partial charge in [0.2, 0.25) is 0 Å². The zero-order valence-electron chi connectivity index (χ0n) is 11.1. The van der Waals surface area contributed by atoms with E-state index in [-0.39, 0.29) is 12.5 Å². The van der Waals surface area contributed by atoms with E-state index in [1.54, 1.807) is 0 Å². The summed E-state index contributed by atoms with van der Waals surface area (Å²) < 4.78 is 10.4. The van der Waals surface area contributed by atoms with Gasteiger partial charge in [-0.25, -0.2) is 4.79 Å². The minimum Gasteiger partial charge on any atom is -0.470 e. The minimum absolute atomic E-state index is 0.0948. The maximum Gasteiger partial charge on any atom is 0.404 e. The van der Waals surface area contributed by atoms with Crippen LogP contribution in [-0.2, 0) is 9.47 Å². The Bertz CT molecular complexity index is 463. The molecule has 1 aliphatic rings. The summed E-state index contributed by atoms with van der Waals surface area (Å²) in [7, 11) is 0. The first kappa shape index (κ1) is 14.6. The number of hydrogen-bond donors (Lipinski definition) is 2. The van der Waals surface area contributed by atoms with Crippen molar-refractivity contribution in [3.8, 4) is 0 Å². The first-order valence-corrected chi connectivity index (χ1v) is 6.96. The van der Waals surface area contributed by atoms with Gasteiger partial charge in [0, 0.05) is 6.04 Å². The molecule has 0 saturated heterocycles. The Labute approximate surface area is 123 Å². The standard InChI is InChI=1S/C14H18N2O3S/c15-13(17)18-8-11(10-4-2-1-3-5-10)9-19-14(20)16-12-6-7-12/h1-5,11-12H,6-9H2,(H2,15,17)(H,16,20). The number of carbonyl (C=O) groups excluding carboxylic acids is 1. The van der Waals surface area contributed by atoms with E-state index >= 15 is 0 Å². The molecule has 2 rings (SSSR count). The summed E-state index contributed by atoms with van der Waals surface area (Å²) >= 11 is 5.11. The van der Waals surface area contributed by atoms with Gasteiger partial charge in [-0.3, -0.25) is 0 Å². The number of amides is 1. The number of hydrogen-bond acceptors (Lipinski definition) is 4. The molecule has 5 nitrogen and oxygen atoms in total. The Morgan fingerprint density at radius 2 is 1.95 bits per heavy atom. The van der Waals surface area contributed by atoms with Crippen molar-refractivity contribution in [1.82, 2.24) is 5.32 Å². The Morgan fingerprint density at radius 3 is 2.55 bits per heavy atom. The van der Waals surface area contributed by atoms with Crippen molar-refractivity contribution < 1.29 is 14.3 Å². The normalized spacial score (nSPS) is 15.2. The Balaban J connectivity index is 1.87. The van der Waals surface area contributed by atoms with E-state index < -0.39 is 6.09 Å². The van der Waals surface area contributed by atoms with Crippen molar-refractivity contribution in [2.45, 2.75) is 24.8 Å². The van der Waals surface area contributed by atoms with Gasteiger partial charge in [-0.2, -0.15) is 0 Å². The molecular weight excluding hydrogens is 276 g/mol. The highest BCUT2D eigenvalue weighted by atomic mass is 32.1. The number of primary amides is 1. The number of carbonyl (C=O) groups is 1. The van der Waals surface area contributed by atoms with E-state index in [1.165, 1.54) is 0 Å². The van der Waals surface area contributed by atoms with Gasteiger partial charge in [-0.05, 0) is 30.6 Å². The van der Waals surface area contributed by atoms with Gasteiger partial charge in [-0.1, -0.05) is 30.3 Å². The fourth-order valence-electron chi connectivity index (χ4n) is 1.76. The van der Waals surface area contributed by atoms with Gasteiger partial charge in [0.15, 0.2) is 0 Å². The molecule has 1 fully saturated rings. The largest absolute Gasteiger partial charge is 0.470 e. The summed E-state index contributed by atoms with van der Waals surface area (Å²) in [6.07, 6.45) is 1.48. The molecule has 0 heterocycles.